The highest BCUT2D eigenvalue weighted by Crippen LogP contribution is 2.33. The topological polar surface area (TPSA) is 0 Å². The number of alkyl halides is 1. The summed E-state index contributed by atoms with van der Waals surface area (Å²) in [5.41, 5.74) is 2.78. The van der Waals surface area contributed by atoms with Gasteiger partial charge in [0.1, 0.15) is 0 Å². The maximum absolute atomic E-state index is 6.23. The highest BCUT2D eigenvalue weighted by atomic mass is 35.5. The van der Waals surface area contributed by atoms with Crippen molar-refractivity contribution in [2.45, 2.75) is 56.7 Å². The summed E-state index contributed by atoms with van der Waals surface area (Å²) in [7, 11) is 0. The van der Waals surface area contributed by atoms with Gasteiger partial charge in [-0.25, -0.2) is 0 Å². The van der Waals surface area contributed by atoms with E-state index in [0.717, 1.165) is 12.3 Å². The fourth-order valence-corrected chi connectivity index (χ4v) is 2.79. The van der Waals surface area contributed by atoms with Crippen LogP contribution in [0.3, 0.4) is 0 Å². The quantitative estimate of drug-likeness (QED) is 0.615. The Bertz CT molecular complexity index is 309. The summed E-state index contributed by atoms with van der Waals surface area (Å²) in [5, 5.41) is 0.181. The molecule has 0 radical (unpaired) electrons. The highest BCUT2D eigenvalue weighted by Gasteiger charge is 2.15. The zero-order chi connectivity index (χ0) is 11.4. The summed E-state index contributed by atoms with van der Waals surface area (Å²) in [6.45, 7) is 2.13. The molecule has 1 saturated carbocycles. The first-order valence-corrected chi connectivity index (χ1v) is 6.99. The predicted octanol–water partition coefficient (Wildman–Crippen LogP) is 5.42. The maximum Gasteiger partial charge on any atom is 0.0582 e. The van der Waals surface area contributed by atoms with Gasteiger partial charge < -0.3 is 0 Å². The molecule has 1 aliphatic rings. The van der Waals surface area contributed by atoms with Gasteiger partial charge in [-0.2, -0.15) is 0 Å². The summed E-state index contributed by atoms with van der Waals surface area (Å²) >= 11 is 6.23. The minimum Gasteiger partial charge on any atom is -0.118 e. The molecule has 0 aromatic heterocycles. The van der Waals surface area contributed by atoms with Crippen molar-refractivity contribution in [2.24, 2.45) is 0 Å². The zero-order valence-corrected chi connectivity index (χ0v) is 10.8. The minimum absolute atomic E-state index is 0.181. The van der Waals surface area contributed by atoms with Crippen molar-refractivity contribution in [3.8, 4) is 0 Å². The molecule has 1 aromatic carbocycles. The van der Waals surface area contributed by atoms with E-state index in [9.17, 15) is 0 Å². The first-order chi connectivity index (χ1) is 7.81. The minimum atomic E-state index is 0.181. The maximum atomic E-state index is 6.23. The fraction of sp³-hybridized carbons (Fsp3) is 0.600. The van der Waals surface area contributed by atoms with Crippen LogP contribution in [0.4, 0.5) is 0 Å². The van der Waals surface area contributed by atoms with Crippen molar-refractivity contribution in [3.05, 3.63) is 35.4 Å². The van der Waals surface area contributed by atoms with E-state index in [1.54, 1.807) is 0 Å². The van der Waals surface area contributed by atoms with Gasteiger partial charge in [-0.1, -0.05) is 50.5 Å². The predicted molar refractivity (Wildman–Crippen MR) is 71.2 cm³/mol. The van der Waals surface area contributed by atoms with E-state index in [1.165, 1.54) is 43.2 Å². The van der Waals surface area contributed by atoms with Crippen LogP contribution in [0.5, 0.6) is 0 Å². The van der Waals surface area contributed by atoms with Crippen molar-refractivity contribution >= 4 is 11.6 Å². The Kier molecular flexibility index (Phi) is 4.29. The normalized spacial score (nSPS) is 19.6. The van der Waals surface area contributed by atoms with Gasteiger partial charge in [0.15, 0.2) is 0 Å². The smallest absolute Gasteiger partial charge is 0.0582 e. The van der Waals surface area contributed by atoms with E-state index in [-0.39, 0.29) is 5.38 Å². The van der Waals surface area contributed by atoms with Crippen molar-refractivity contribution in [1.29, 1.82) is 0 Å². The molecule has 88 valence electrons. The molecule has 0 bridgehead atoms. The van der Waals surface area contributed by atoms with Crippen molar-refractivity contribution in [2.75, 3.05) is 0 Å². The molecule has 0 heterocycles. The lowest BCUT2D eigenvalue weighted by Crippen LogP contribution is -2.04. The Balaban J connectivity index is 2.06. The van der Waals surface area contributed by atoms with Crippen LogP contribution in [0.25, 0.3) is 0 Å². The molecule has 0 nitrogen and oxygen atoms in total. The standard InChI is InChI=1S/C15H21Cl/c1-2-15(16)14-10-8-13(9-11-14)12-6-4-3-5-7-12/h8-12,15H,2-7H2,1H3. The molecule has 1 atom stereocenters. The monoisotopic (exact) mass is 236 g/mol. The molecular formula is C15H21Cl. The Labute approximate surface area is 104 Å². The van der Waals surface area contributed by atoms with Gasteiger partial charge in [-0.15, -0.1) is 11.6 Å². The summed E-state index contributed by atoms with van der Waals surface area (Å²) in [4.78, 5) is 0. The zero-order valence-electron chi connectivity index (χ0n) is 10.1. The van der Waals surface area contributed by atoms with Gasteiger partial charge in [0.05, 0.1) is 5.38 Å². The number of hydrogen-bond acceptors (Lipinski definition) is 0. The Hall–Kier alpha value is -0.490. The van der Waals surface area contributed by atoms with Gasteiger partial charge in [-0.3, -0.25) is 0 Å². The van der Waals surface area contributed by atoms with Crippen molar-refractivity contribution < 1.29 is 0 Å². The van der Waals surface area contributed by atoms with Gasteiger partial charge in [-0.05, 0) is 36.3 Å². The van der Waals surface area contributed by atoms with E-state index in [2.05, 4.69) is 31.2 Å². The first kappa shape index (κ1) is 12.0. The Morgan fingerprint density at radius 3 is 2.31 bits per heavy atom. The lowest BCUT2D eigenvalue weighted by molar-refractivity contribution is 0.443. The molecule has 1 aliphatic carbocycles. The van der Waals surface area contributed by atoms with Crippen LogP contribution >= 0.6 is 11.6 Å². The van der Waals surface area contributed by atoms with Crippen LogP contribution < -0.4 is 0 Å². The van der Waals surface area contributed by atoms with E-state index in [0.29, 0.717) is 0 Å². The molecule has 0 saturated heterocycles. The second-order valence-electron chi connectivity index (χ2n) is 4.88. The summed E-state index contributed by atoms with van der Waals surface area (Å²) in [6.07, 6.45) is 7.98. The average molecular weight is 237 g/mol. The van der Waals surface area contributed by atoms with Gasteiger partial charge in [0.2, 0.25) is 0 Å². The molecule has 2 rings (SSSR count). The van der Waals surface area contributed by atoms with Crippen LogP contribution in [0.15, 0.2) is 24.3 Å². The second-order valence-corrected chi connectivity index (χ2v) is 5.40. The molecule has 0 aliphatic heterocycles. The third-order valence-corrected chi connectivity index (χ3v) is 4.29. The van der Waals surface area contributed by atoms with Crippen LogP contribution in [0.1, 0.15) is 67.9 Å². The van der Waals surface area contributed by atoms with E-state index >= 15 is 0 Å². The van der Waals surface area contributed by atoms with Crippen LogP contribution in [-0.2, 0) is 0 Å². The Morgan fingerprint density at radius 2 is 1.75 bits per heavy atom. The number of hydrogen-bond donors (Lipinski definition) is 0. The average Bonchev–Trinajstić information content (AvgIpc) is 2.39. The third kappa shape index (κ3) is 2.79. The summed E-state index contributed by atoms with van der Waals surface area (Å²) < 4.78 is 0. The lowest BCUT2D eigenvalue weighted by Gasteiger charge is -2.22. The van der Waals surface area contributed by atoms with Gasteiger partial charge in [0.25, 0.3) is 0 Å². The number of rotatable bonds is 3. The van der Waals surface area contributed by atoms with Crippen LogP contribution in [0, 0.1) is 0 Å². The fourth-order valence-electron chi connectivity index (χ4n) is 2.65. The summed E-state index contributed by atoms with van der Waals surface area (Å²) in [6, 6.07) is 9.00. The van der Waals surface area contributed by atoms with Gasteiger partial charge in [0, 0.05) is 0 Å². The Morgan fingerprint density at radius 1 is 1.12 bits per heavy atom. The van der Waals surface area contributed by atoms with Crippen LogP contribution in [-0.4, -0.2) is 0 Å². The number of halogens is 1. The van der Waals surface area contributed by atoms with E-state index in [4.69, 9.17) is 11.6 Å². The van der Waals surface area contributed by atoms with Gasteiger partial charge >= 0.3 is 0 Å². The first-order valence-electron chi connectivity index (χ1n) is 6.55. The SMILES string of the molecule is CCC(Cl)c1ccc(C2CCCCC2)cc1. The van der Waals surface area contributed by atoms with E-state index < -0.39 is 0 Å². The molecule has 0 spiro atoms. The third-order valence-electron chi connectivity index (χ3n) is 3.73. The molecular weight excluding hydrogens is 216 g/mol. The van der Waals surface area contributed by atoms with Crippen molar-refractivity contribution in [3.63, 3.8) is 0 Å². The molecule has 1 aromatic rings. The highest BCUT2D eigenvalue weighted by molar-refractivity contribution is 6.20. The second kappa shape index (κ2) is 5.72. The molecule has 0 N–H and O–H groups in total. The molecule has 0 amide bonds. The molecule has 1 unspecified atom stereocenters. The lowest BCUT2D eigenvalue weighted by atomic mass is 9.84. The molecule has 1 heteroatoms. The summed E-state index contributed by atoms with van der Waals surface area (Å²) in [5.74, 6) is 0.804. The number of benzene rings is 1. The largest absolute Gasteiger partial charge is 0.118 e. The van der Waals surface area contributed by atoms with Crippen molar-refractivity contribution in [1.82, 2.24) is 0 Å². The van der Waals surface area contributed by atoms with Crippen LogP contribution in [0.2, 0.25) is 0 Å². The molecule has 1 fully saturated rings. The molecule has 16 heavy (non-hydrogen) atoms. The van der Waals surface area contributed by atoms with E-state index in [1.807, 2.05) is 0 Å².